The van der Waals surface area contributed by atoms with Crippen molar-refractivity contribution in [3.05, 3.63) is 57.3 Å². The van der Waals surface area contributed by atoms with Crippen LogP contribution in [0.4, 0.5) is 0 Å². The van der Waals surface area contributed by atoms with Crippen molar-refractivity contribution in [2.75, 3.05) is 32.8 Å². The van der Waals surface area contributed by atoms with E-state index in [0.717, 1.165) is 31.6 Å². The highest BCUT2D eigenvalue weighted by Crippen LogP contribution is 2.23. The number of piperidine rings is 1. The standard InChI is InChI=1S/C27H38N4O3/c1-20-25(27(33)29-21(2)28-20)19-26(32)31-15-6-5-14-30-13-4-3-9-23(30)12-11-22-8-7-10-24(18-22)34-17-16-31/h7-8,10,18,23H,3-6,9,11-17,19H2,1-2H3,(H,28,29,33). The first-order valence-electron chi connectivity index (χ1n) is 12.8. The van der Waals surface area contributed by atoms with Crippen molar-refractivity contribution >= 4 is 5.91 Å². The molecule has 3 heterocycles. The molecule has 7 heteroatoms. The van der Waals surface area contributed by atoms with Crippen LogP contribution < -0.4 is 10.3 Å². The highest BCUT2D eigenvalue weighted by Gasteiger charge is 2.23. The number of carbonyl (C=O) groups excluding carboxylic acids is 1. The molecule has 2 aliphatic heterocycles. The van der Waals surface area contributed by atoms with Crippen molar-refractivity contribution in [2.24, 2.45) is 0 Å². The molecule has 2 bridgehead atoms. The summed E-state index contributed by atoms with van der Waals surface area (Å²) < 4.78 is 6.04. The molecule has 4 rings (SSSR count). The fraction of sp³-hybridized carbons (Fsp3) is 0.593. The number of carbonyl (C=O) groups is 1. The number of nitrogens with zero attached hydrogens (tertiary/aromatic N) is 3. The maximum absolute atomic E-state index is 13.2. The van der Waals surface area contributed by atoms with E-state index in [2.05, 4.69) is 33.1 Å². The molecular weight excluding hydrogens is 428 g/mol. The second kappa shape index (κ2) is 11.6. The van der Waals surface area contributed by atoms with Gasteiger partial charge in [0.25, 0.3) is 5.56 Å². The number of nitrogens with one attached hydrogen (secondary N) is 1. The first kappa shape index (κ1) is 24.5. The average Bonchev–Trinajstić information content (AvgIpc) is 2.82. The van der Waals surface area contributed by atoms with Crippen molar-refractivity contribution in [3.8, 4) is 5.75 Å². The fourth-order valence-electron chi connectivity index (χ4n) is 5.28. The Morgan fingerprint density at radius 1 is 1.09 bits per heavy atom. The predicted molar refractivity (Wildman–Crippen MR) is 133 cm³/mol. The van der Waals surface area contributed by atoms with Crippen molar-refractivity contribution in [1.29, 1.82) is 0 Å². The molecule has 0 saturated carbocycles. The molecule has 0 radical (unpaired) electrons. The minimum atomic E-state index is -0.221. The molecule has 1 fully saturated rings. The number of rotatable bonds is 2. The fourth-order valence-corrected chi connectivity index (χ4v) is 5.28. The van der Waals surface area contributed by atoms with Crippen molar-refractivity contribution in [3.63, 3.8) is 0 Å². The summed E-state index contributed by atoms with van der Waals surface area (Å²) in [6.45, 7) is 7.43. The van der Waals surface area contributed by atoms with E-state index in [1.54, 1.807) is 13.8 Å². The van der Waals surface area contributed by atoms with Gasteiger partial charge in [0.15, 0.2) is 0 Å². The maximum Gasteiger partial charge on any atom is 0.254 e. The molecule has 2 aromatic rings. The topological polar surface area (TPSA) is 78.5 Å². The van der Waals surface area contributed by atoms with Crippen LogP contribution in [-0.2, 0) is 17.6 Å². The highest BCUT2D eigenvalue weighted by atomic mass is 16.5. The number of H-pyrrole nitrogens is 1. The van der Waals surface area contributed by atoms with Gasteiger partial charge >= 0.3 is 0 Å². The molecule has 2 aliphatic rings. The molecule has 1 unspecified atom stereocenters. The Balaban J connectivity index is 1.47. The monoisotopic (exact) mass is 466 g/mol. The summed E-state index contributed by atoms with van der Waals surface area (Å²) in [5.74, 6) is 1.38. The van der Waals surface area contributed by atoms with Gasteiger partial charge in [-0.3, -0.25) is 9.59 Å². The summed E-state index contributed by atoms with van der Waals surface area (Å²) in [4.78, 5) is 37.2. The van der Waals surface area contributed by atoms with E-state index < -0.39 is 0 Å². The molecular formula is C27H38N4O3. The van der Waals surface area contributed by atoms with E-state index >= 15 is 0 Å². The van der Waals surface area contributed by atoms with Crippen LogP contribution in [0.15, 0.2) is 29.1 Å². The lowest BCUT2D eigenvalue weighted by molar-refractivity contribution is -0.131. The lowest BCUT2D eigenvalue weighted by Crippen LogP contribution is -2.41. The van der Waals surface area contributed by atoms with Crippen LogP contribution in [0.25, 0.3) is 0 Å². The number of hydrogen-bond donors (Lipinski definition) is 1. The molecule has 0 aliphatic carbocycles. The van der Waals surface area contributed by atoms with Crippen molar-refractivity contribution < 1.29 is 9.53 Å². The van der Waals surface area contributed by atoms with Gasteiger partial charge in [-0.15, -0.1) is 0 Å². The Hall–Kier alpha value is -2.67. The number of aromatic nitrogens is 2. The Labute approximate surface area is 202 Å². The van der Waals surface area contributed by atoms with Crippen LogP contribution in [0, 0.1) is 13.8 Å². The number of ether oxygens (including phenoxy) is 1. The first-order chi connectivity index (χ1) is 16.5. The quantitative estimate of drug-likeness (QED) is 0.734. The highest BCUT2D eigenvalue weighted by molar-refractivity contribution is 5.78. The van der Waals surface area contributed by atoms with Gasteiger partial charge in [-0.2, -0.15) is 0 Å². The van der Waals surface area contributed by atoms with E-state index in [4.69, 9.17) is 4.74 Å². The molecule has 0 spiro atoms. The normalized spacial score (nSPS) is 20.5. The number of aromatic amines is 1. The molecule has 1 amide bonds. The number of aryl methyl sites for hydroxylation is 3. The van der Waals surface area contributed by atoms with Gasteiger partial charge in [0, 0.05) is 23.8 Å². The largest absolute Gasteiger partial charge is 0.492 e. The summed E-state index contributed by atoms with van der Waals surface area (Å²) >= 11 is 0. The third kappa shape index (κ3) is 6.47. The number of fused-ring (bicyclic) bond motifs is 3. The van der Waals surface area contributed by atoms with Crippen LogP contribution in [0.1, 0.15) is 61.2 Å². The number of amides is 1. The summed E-state index contributed by atoms with van der Waals surface area (Å²) in [5.41, 5.74) is 2.17. The zero-order chi connectivity index (χ0) is 23.9. The second-order valence-electron chi connectivity index (χ2n) is 9.70. The van der Waals surface area contributed by atoms with Gasteiger partial charge in [0.1, 0.15) is 18.2 Å². The zero-order valence-corrected chi connectivity index (χ0v) is 20.6. The van der Waals surface area contributed by atoms with E-state index in [1.807, 2.05) is 11.0 Å². The summed E-state index contributed by atoms with van der Waals surface area (Å²) in [6.07, 6.45) is 8.22. The Bertz CT molecular complexity index is 1030. The van der Waals surface area contributed by atoms with Crippen LogP contribution in [-0.4, -0.2) is 64.5 Å². The summed E-state index contributed by atoms with van der Waals surface area (Å²) in [6, 6.07) is 9.01. The number of hydrogen-bond acceptors (Lipinski definition) is 5. The van der Waals surface area contributed by atoms with Gasteiger partial charge in [-0.05, 0) is 83.2 Å². The lowest BCUT2D eigenvalue weighted by atomic mass is 9.95. The van der Waals surface area contributed by atoms with E-state index in [1.165, 1.54) is 37.8 Å². The maximum atomic E-state index is 13.2. The van der Waals surface area contributed by atoms with E-state index in [-0.39, 0.29) is 17.9 Å². The molecule has 1 aromatic carbocycles. The molecule has 1 atom stereocenters. The van der Waals surface area contributed by atoms with E-state index in [0.29, 0.717) is 42.8 Å². The molecule has 7 nitrogen and oxygen atoms in total. The van der Waals surface area contributed by atoms with E-state index in [9.17, 15) is 9.59 Å². The Morgan fingerprint density at radius 3 is 2.71 bits per heavy atom. The molecule has 184 valence electrons. The van der Waals surface area contributed by atoms with Gasteiger partial charge < -0.3 is 19.5 Å². The zero-order valence-electron chi connectivity index (χ0n) is 20.6. The minimum absolute atomic E-state index is 0.0447. The van der Waals surface area contributed by atoms with Crippen LogP contribution in [0.5, 0.6) is 5.75 Å². The van der Waals surface area contributed by atoms with Crippen LogP contribution in [0.3, 0.4) is 0 Å². The Morgan fingerprint density at radius 2 is 1.88 bits per heavy atom. The molecule has 1 saturated heterocycles. The van der Waals surface area contributed by atoms with Crippen molar-refractivity contribution in [1.82, 2.24) is 19.8 Å². The van der Waals surface area contributed by atoms with Gasteiger partial charge in [-0.25, -0.2) is 4.98 Å². The number of benzene rings is 1. The molecule has 1 N–H and O–H groups in total. The van der Waals surface area contributed by atoms with Gasteiger partial charge in [0.2, 0.25) is 5.91 Å². The average molecular weight is 467 g/mol. The second-order valence-corrected chi connectivity index (χ2v) is 9.70. The molecule has 1 aromatic heterocycles. The summed E-state index contributed by atoms with van der Waals surface area (Å²) in [5, 5.41) is 0. The van der Waals surface area contributed by atoms with Crippen LogP contribution >= 0.6 is 0 Å². The third-order valence-corrected chi connectivity index (χ3v) is 7.19. The Kier molecular flexibility index (Phi) is 8.38. The SMILES string of the molecule is Cc1nc(C)c(CC(=O)N2CCCCN3CCCCC3CCc3cccc(c3)OCC2)c(=O)[nH]1. The predicted octanol–water partition coefficient (Wildman–Crippen LogP) is 3.42. The van der Waals surface area contributed by atoms with Crippen molar-refractivity contribution in [2.45, 2.75) is 71.3 Å². The lowest BCUT2D eigenvalue weighted by Gasteiger charge is -2.36. The van der Waals surface area contributed by atoms with Gasteiger partial charge in [0.05, 0.1) is 13.0 Å². The minimum Gasteiger partial charge on any atom is -0.492 e. The van der Waals surface area contributed by atoms with Gasteiger partial charge in [-0.1, -0.05) is 18.6 Å². The summed E-state index contributed by atoms with van der Waals surface area (Å²) in [7, 11) is 0. The molecule has 34 heavy (non-hydrogen) atoms. The smallest absolute Gasteiger partial charge is 0.254 e. The third-order valence-electron chi connectivity index (χ3n) is 7.19. The first-order valence-corrected chi connectivity index (χ1v) is 12.8. The van der Waals surface area contributed by atoms with Crippen LogP contribution in [0.2, 0.25) is 0 Å².